The number of nitrogens with zero attached hydrogens (tertiary/aromatic N) is 2. The summed E-state index contributed by atoms with van der Waals surface area (Å²) in [5, 5.41) is 7.74. The van der Waals surface area contributed by atoms with E-state index in [-0.39, 0.29) is 16.5 Å². The second-order valence-electron chi connectivity index (χ2n) is 4.82. The first-order valence-corrected chi connectivity index (χ1v) is 8.42. The highest BCUT2D eigenvalue weighted by Crippen LogP contribution is 2.16. The van der Waals surface area contributed by atoms with Crippen molar-refractivity contribution in [2.24, 2.45) is 0 Å². The first-order valence-electron chi connectivity index (χ1n) is 6.76. The quantitative estimate of drug-likeness (QED) is 0.724. The lowest BCUT2D eigenvalue weighted by Gasteiger charge is -2.00. The third kappa shape index (κ3) is 3.40. The molecule has 0 aliphatic heterocycles. The van der Waals surface area contributed by atoms with E-state index < -0.39 is 9.84 Å². The summed E-state index contributed by atoms with van der Waals surface area (Å²) in [6.07, 6.45) is 0.485. The van der Waals surface area contributed by atoms with E-state index in [4.69, 9.17) is 4.42 Å². The SMILES string of the molecule is O=S(=O)(Cc1nnc(Cc2ccccc2)o1)c1ccccc1. The maximum atomic E-state index is 12.2. The van der Waals surface area contributed by atoms with Crippen LogP contribution >= 0.6 is 0 Å². The van der Waals surface area contributed by atoms with Gasteiger partial charge in [-0.1, -0.05) is 48.5 Å². The first kappa shape index (κ1) is 14.5. The van der Waals surface area contributed by atoms with E-state index in [1.165, 1.54) is 0 Å². The second kappa shape index (κ2) is 6.11. The van der Waals surface area contributed by atoms with Gasteiger partial charge in [0, 0.05) is 0 Å². The Bertz CT molecular complexity index is 843. The van der Waals surface area contributed by atoms with Gasteiger partial charge in [0.25, 0.3) is 0 Å². The molecule has 3 rings (SSSR count). The Balaban J connectivity index is 1.75. The second-order valence-corrected chi connectivity index (χ2v) is 6.81. The zero-order valence-corrected chi connectivity index (χ0v) is 12.5. The Morgan fingerprint density at radius 3 is 2.09 bits per heavy atom. The number of rotatable bonds is 5. The summed E-state index contributed by atoms with van der Waals surface area (Å²) in [5.41, 5.74) is 1.03. The number of aromatic nitrogens is 2. The van der Waals surface area contributed by atoms with Crippen LogP contribution in [0.4, 0.5) is 0 Å². The van der Waals surface area contributed by atoms with E-state index in [9.17, 15) is 8.42 Å². The summed E-state index contributed by atoms with van der Waals surface area (Å²) >= 11 is 0. The van der Waals surface area contributed by atoms with Gasteiger partial charge in [-0.2, -0.15) is 0 Å². The highest BCUT2D eigenvalue weighted by Gasteiger charge is 2.19. The number of hydrogen-bond donors (Lipinski definition) is 0. The maximum absolute atomic E-state index is 12.2. The van der Waals surface area contributed by atoms with Gasteiger partial charge < -0.3 is 4.42 Å². The smallest absolute Gasteiger partial charge is 0.231 e. The van der Waals surface area contributed by atoms with Crippen LogP contribution in [-0.2, 0) is 22.0 Å². The van der Waals surface area contributed by atoms with Gasteiger partial charge in [0.1, 0.15) is 5.75 Å². The molecule has 0 radical (unpaired) electrons. The van der Waals surface area contributed by atoms with Gasteiger partial charge in [-0.05, 0) is 17.7 Å². The van der Waals surface area contributed by atoms with Crippen molar-refractivity contribution in [1.82, 2.24) is 10.2 Å². The van der Waals surface area contributed by atoms with Crippen LogP contribution in [0.2, 0.25) is 0 Å². The molecule has 0 unspecified atom stereocenters. The largest absolute Gasteiger partial charge is 0.424 e. The highest BCUT2D eigenvalue weighted by atomic mass is 32.2. The molecule has 0 spiro atoms. The van der Waals surface area contributed by atoms with Crippen LogP contribution in [0.15, 0.2) is 70.0 Å². The van der Waals surface area contributed by atoms with Crippen molar-refractivity contribution >= 4 is 9.84 Å². The van der Waals surface area contributed by atoms with Crippen LogP contribution in [0.1, 0.15) is 17.3 Å². The normalized spacial score (nSPS) is 11.5. The molecule has 0 fully saturated rings. The molecule has 2 aromatic carbocycles. The molecule has 6 heteroatoms. The van der Waals surface area contributed by atoms with Crippen LogP contribution in [0.25, 0.3) is 0 Å². The summed E-state index contributed by atoms with van der Waals surface area (Å²) in [6.45, 7) is 0. The van der Waals surface area contributed by atoms with Gasteiger partial charge in [0.15, 0.2) is 9.84 Å². The predicted molar refractivity (Wildman–Crippen MR) is 80.9 cm³/mol. The molecule has 0 saturated carbocycles. The van der Waals surface area contributed by atoms with E-state index >= 15 is 0 Å². The lowest BCUT2D eigenvalue weighted by molar-refractivity contribution is 0.469. The average molecular weight is 314 g/mol. The Morgan fingerprint density at radius 2 is 1.41 bits per heavy atom. The molecule has 5 nitrogen and oxygen atoms in total. The Labute approximate surface area is 128 Å². The lowest BCUT2D eigenvalue weighted by Crippen LogP contribution is -2.05. The highest BCUT2D eigenvalue weighted by molar-refractivity contribution is 7.90. The molecule has 0 bridgehead atoms. The molecule has 22 heavy (non-hydrogen) atoms. The van der Waals surface area contributed by atoms with Crippen molar-refractivity contribution in [2.75, 3.05) is 0 Å². The molecule has 1 aromatic heterocycles. The van der Waals surface area contributed by atoms with E-state index in [0.717, 1.165) is 5.56 Å². The summed E-state index contributed by atoms with van der Waals surface area (Å²) in [4.78, 5) is 0.248. The van der Waals surface area contributed by atoms with E-state index in [1.54, 1.807) is 30.3 Å². The predicted octanol–water partition coefficient (Wildman–Crippen LogP) is 2.63. The Hall–Kier alpha value is -2.47. The van der Waals surface area contributed by atoms with Crippen molar-refractivity contribution in [3.05, 3.63) is 78.0 Å². The number of sulfone groups is 1. The summed E-state index contributed by atoms with van der Waals surface area (Å²) in [6, 6.07) is 17.9. The maximum Gasteiger partial charge on any atom is 0.231 e. The molecular formula is C16H14N2O3S. The lowest BCUT2D eigenvalue weighted by atomic mass is 10.2. The van der Waals surface area contributed by atoms with Crippen LogP contribution in [-0.4, -0.2) is 18.6 Å². The molecule has 0 saturated heterocycles. The van der Waals surface area contributed by atoms with Gasteiger partial charge in [-0.25, -0.2) is 8.42 Å². The van der Waals surface area contributed by atoms with Gasteiger partial charge in [-0.3, -0.25) is 0 Å². The minimum absolute atomic E-state index is 0.106. The molecule has 0 aliphatic rings. The molecule has 3 aromatic rings. The van der Waals surface area contributed by atoms with Crippen molar-refractivity contribution in [3.8, 4) is 0 Å². The Kier molecular flexibility index (Phi) is 4.02. The average Bonchev–Trinajstić information content (AvgIpc) is 2.95. The van der Waals surface area contributed by atoms with Gasteiger partial charge in [0.2, 0.25) is 11.8 Å². The topological polar surface area (TPSA) is 73.1 Å². The minimum atomic E-state index is -3.47. The first-order chi connectivity index (χ1) is 10.6. The zero-order chi connectivity index (χ0) is 15.4. The summed E-state index contributed by atoms with van der Waals surface area (Å²) in [5.74, 6) is 0.220. The van der Waals surface area contributed by atoms with Crippen LogP contribution in [0, 0.1) is 0 Å². The Morgan fingerprint density at radius 1 is 0.818 bits per heavy atom. The zero-order valence-electron chi connectivity index (χ0n) is 11.7. The van der Waals surface area contributed by atoms with Crippen molar-refractivity contribution in [3.63, 3.8) is 0 Å². The molecule has 0 amide bonds. The number of hydrogen-bond acceptors (Lipinski definition) is 5. The summed E-state index contributed by atoms with van der Waals surface area (Å²) < 4.78 is 29.9. The van der Waals surface area contributed by atoms with Crippen molar-refractivity contribution in [2.45, 2.75) is 17.1 Å². The third-order valence-corrected chi connectivity index (χ3v) is 4.74. The molecule has 0 aliphatic carbocycles. The van der Waals surface area contributed by atoms with Crippen LogP contribution in [0.5, 0.6) is 0 Å². The molecular weight excluding hydrogens is 300 g/mol. The van der Waals surface area contributed by atoms with Crippen molar-refractivity contribution < 1.29 is 12.8 Å². The van der Waals surface area contributed by atoms with Crippen LogP contribution in [0.3, 0.4) is 0 Å². The monoisotopic (exact) mass is 314 g/mol. The molecule has 0 N–H and O–H groups in total. The van der Waals surface area contributed by atoms with Crippen molar-refractivity contribution in [1.29, 1.82) is 0 Å². The fourth-order valence-electron chi connectivity index (χ4n) is 2.06. The van der Waals surface area contributed by atoms with Gasteiger partial charge in [0.05, 0.1) is 11.3 Å². The van der Waals surface area contributed by atoms with Gasteiger partial charge in [-0.15, -0.1) is 10.2 Å². The fraction of sp³-hybridized carbons (Fsp3) is 0.125. The third-order valence-electron chi connectivity index (χ3n) is 3.12. The van der Waals surface area contributed by atoms with Crippen LogP contribution < -0.4 is 0 Å². The van der Waals surface area contributed by atoms with E-state index in [0.29, 0.717) is 12.3 Å². The van der Waals surface area contributed by atoms with E-state index in [1.807, 2.05) is 30.3 Å². The summed E-state index contributed by atoms with van der Waals surface area (Å²) in [7, 11) is -3.47. The minimum Gasteiger partial charge on any atom is -0.424 e. The molecule has 1 heterocycles. The molecule has 112 valence electrons. The van der Waals surface area contributed by atoms with Gasteiger partial charge >= 0.3 is 0 Å². The molecule has 0 atom stereocenters. The number of benzene rings is 2. The fourth-order valence-corrected chi connectivity index (χ4v) is 3.24. The standard InChI is InChI=1S/C16H14N2O3S/c19-22(20,14-9-5-2-6-10-14)12-16-18-17-15(21-16)11-13-7-3-1-4-8-13/h1-10H,11-12H2. The van der Waals surface area contributed by atoms with E-state index in [2.05, 4.69) is 10.2 Å².